The second-order valence-corrected chi connectivity index (χ2v) is 7.79. The molecule has 1 atom stereocenters. The summed E-state index contributed by atoms with van der Waals surface area (Å²) in [5.41, 5.74) is 0. The molecular formula is C16H33P. The molecule has 0 spiro atoms. The van der Waals surface area contributed by atoms with Crippen molar-refractivity contribution in [1.82, 2.24) is 0 Å². The quantitative estimate of drug-likeness (QED) is 0.460. The van der Waals surface area contributed by atoms with Crippen molar-refractivity contribution in [1.29, 1.82) is 0 Å². The van der Waals surface area contributed by atoms with Crippen LogP contribution in [-0.2, 0) is 0 Å². The van der Waals surface area contributed by atoms with Crippen LogP contribution in [0, 0.1) is 0 Å². The van der Waals surface area contributed by atoms with E-state index >= 15 is 0 Å². The molecule has 17 heavy (non-hydrogen) atoms. The standard InChI is InChI=1S/C16H33P/c1-16(17)14-12-10-8-6-4-2-3-5-7-9-11-13-15-16/h2-15,17H2,1H3. The fourth-order valence-corrected chi connectivity index (χ4v) is 3.36. The predicted octanol–water partition coefficient (Wildman–Crippen LogP) is 6.10. The third-order valence-corrected chi connectivity index (χ3v) is 4.82. The smallest absolute Gasteiger partial charge is 0.0178 e. The van der Waals surface area contributed by atoms with Crippen LogP contribution in [0.2, 0.25) is 0 Å². The Balaban J connectivity index is 2.22. The van der Waals surface area contributed by atoms with E-state index in [0.29, 0.717) is 5.16 Å². The van der Waals surface area contributed by atoms with Crippen LogP contribution in [0.25, 0.3) is 0 Å². The summed E-state index contributed by atoms with van der Waals surface area (Å²) in [4.78, 5) is 0. The van der Waals surface area contributed by atoms with Gasteiger partial charge in [0.25, 0.3) is 0 Å². The molecule has 1 heteroatoms. The van der Waals surface area contributed by atoms with Gasteiger partial charge in [0.05, 0.1) is 0 Å². The van der Waals surface area contributed by atoms with Gasteiger partial charge in [-0.3, -0.25) is 0 Å². The maximum atomic E-state index is 3.12. The van der Waals surface area contributed by atoms with Crippen LogP contribution in [0.5, 0.6) is 0 Å². The molecule has 0 bridgehead atoms. The first-order chi connectivity index (χ1) is 8.21. The maximum absolute atomic E-state index is 3.12. The second-order valence-electron chi connectivity index (χ2n) is 6.40. The van der Waals surface area contributed by atoms with E-state index in [1.54, 1.807) is 0 Å². The first-order valence-electron chi connectivity index (χ1n) is 8.00. The van der Waals surface area contributed by atoms with Crippen LogP contribution < -0.4 is 0 Å². The summed E-state index contributed by atoms with van der Waals surface area (Å²) in [7, 11) is 3.12. The summed E-state index contributed by atoms with van der Waals surface area (Å²) in [6.07, 6.45) is 20.5. The van der Waals surface area contributed by atoms with E-state index in [9.17, 15) is 0 Å². The summed E-state index contributed by atoms with van der Waals surface area (Å²) in [5, 5.41) is 0.528. The van der Waals surface area contributed by atoms with Gasteiger partial charge < -0.3 is 0 Å². The van der Waals surface area contributed by atoms with Crippen molar-refractivity contribution in [2.45, 2.75) is 102 Å². The Kier molecular flexibility index (Phi) is 8.54. The molecule has 0 saturated heterocycles. The average molecular weight is 256 g/mol. The largest absolute Gasteiger partial charge is 0.131 e. The molecule has 0 aromatic carbocycles. The van der Waals surface area contributed by atoms with Gasteiger partial charge in [0.1, 0.15) is 0 Å². The van der Waals surface area contributed by atoms with Crippen LogP contribution >= 0.6 is 9.24 Å². The highest BCUT2D eigenvalue weighted by molar-refractivity contribution is 7.18. The summed E-state index contributed by atoms with van der Waals surface area (Å²) >= 11 is 0. The lowest BCUT2D eigenvalue weighted by Gasteiger charge is -2.24. The van der Waals surface area contributed by atoms with Crippen molar-refractivity contribution >= 4 is 9.24 Å². The van der Waals surface area contributed by atoms with Gasteiger partial charge >= 0.3 is 0 Å². The van der Waals surface area contributed by atoms with E-state index in [0.717, 1.165) is 0 Å². The highest BCUT2D eigenvalue weighted by atomic mass is 31.0. The van der Waals surface area contributed by atoms with Gasteiger partial charge in [-0.25, -0.2) is 0 Å². The molecule has 0 aromatic rings. The second kappa shape index (κ2) is 9.37. The molecule has 0 nitrogen and oxygen atoms in total. The molecule has 1 aliphatic rings. The minimum atomic E-state index is 0.528. The van der Waals surface area contributed by atoms with E-state index in [1.807, 2.05) is 0 Å². The van der Waals surface area contributed by atoms with Gasteiger partial charge in [-0.05, 0) is 18.0 Å². The Hall–Kier alpha value is 0.430. The molecule has 0 aromatic heterocycles. The molecule has 1 fully saturated rings. The van der Waals surface area contributed by atoms with Gasteiger partial charge in [0.2, 0.25) is 0 Å². The highest BCUT2D eigenvalue weighted by Crippen LogP contribution is 2.31. The lowest BCUT2D eigenvalue weighted by Crippen LogP contribution is -2.15. The zero-order chi connectivity index (χ0) is 12.4. The van der Waals surface area contributed by atoms with Crippen molar-refractivity contribution in [2.24, 2.45) is 0 Å². The molecule has 0 heterocycles. The molecule has 0 N–H and O–H groups in total. The van der Waals surface area contributed by atoms with Crippen molar-refractivity contribution in [2.75, 3.05) is 0 Å². The summed E-state index contributed by atoms with van der Waals surface area (Å²) < 4.78 is 0. The first-order valence-corrected chi connectivity index (χ1v) is 8.57. The van der Waals surface area contributed by atoms with Gasteiger partial charge in [-0.2, -0.15) is 0 Å². The molecule has 1 aliphatic carbocycles. The Morgan fingerprint density at radius 2 is 0.765 bits per heavy atom. The molecule has 0 amide bonds. The Bertz CT molecular complexity index is 156. The van der Waals surface area contributed by atoms with E-state index < -0.39 is 0 Å². The Morgan fingerprint density at radius 3 is 1.06 bits per heavy atom. The van der Waals surface area contributed by atoms with Crippen molar-refractivity contribution < 1.29 is 0 Å². The average Bonchev–Trinajstić information content (AvgIpc) is 2.29. The van der Waals surface area contributed by atoms with Gasteiger partial charge in [0.15, 0.2) is 0 Å². The third kappa shape index (κ3) is 9.06. The molecule has 0 radical (unpaired) electrons. The van der Waals surface area contributed by atoms with E-state index in [4.69, 9.17) is 0 Å². The minimum Gasteiger partial charge on any atom is -0.131 e. The molecule has 1 unspecified atom stereocenters. The summed E-state index contributed by atoms with van der Waals surface area (Å²) in [6, 6.07) is 0. The van der Waals surface area contributed by atoms with E-state index in [1.165, 1.54) is 89.9 Å². The molecule has 0 aliphatic heterocycles. The van der Waals surface area contributed by atoms with Crippen LogP contribution in [0.1, 0.15) is 96.8 Å². The summed E-state index contributed by atoms with van der Waals surface area (Å²) in [5.74, 6) is 0. The Labute approximate surface area is 112 Å². The van der Waals surface area contributed by atoms with Gasteiger partial charge in [-0.15, -0.1) is 9.24 Å². The van der Waals surface area contributed by atoms with E-state index in [2.05, 4.69) is 16.2 Å². The molecule has 102 valence electrons. The van der Waals surface area contributed by atoms with Gasteiger partial charge in [0, 0.05) is 0 Å². The molecule has 1 saturated carbocycles. The molecular weight excluding hydrogens is 223 g/mol. The predicted molar refractivity (Wildman–Crippen MR) is 82.8 cm³/mol. The fraction of sp³-hybridized carbons (Fsp3) is 1.00. The van der Waals surface area contributed by atoms with Crippen molar-refractivity contribution in [3.8, 4) is 0 Å². The van der Waals surface area contributed by atoms with E-state index in [-0.39, 0.29) is 0 Å². The maximum Gasteiger partial charge on any atom is -0.0178 e. The monoisotopic (exact) mass is 256 g/mol. The minimum absolute atomic E-state index is 0.528. The van der Waals surface area contributed by atoms with Crippen LogP contribution in [0.3, 0.4) is 0 Å². The SMILES string of the molecule is CC1(P)CCCCCCCCCCCCCC1. The third-order valence-electron chi connectivity index (χ3n) is 4.25. The number of hydrogen-bond donors (Lipinski definition) is 0. The lowest BCUT2D eigenvalue weighted by atomic mass is 9.95. The van der Waals surface area contributed by atoms with Crippen molar-refractivity contribution in [3.05, 3.63) is 0 Å². The number of rotatable bonds is 0. The highest BCUT2D eigenvalue weighted by Gasteiger charge is 2.16. The first kappa shape index (κ1) is 15.5. The van der Waals surface area contributed by atoms with Gasteiger partial charge in [-0.1, -0.05) is 84.0 Å². The zero-order valence-electron chi connectivity index (χ0n) is 12.0. The fourth-order valence-electron chi connectivity index (χ4n) is 2.95. The number of hydrogen-bond acceptors (Lipinski definition) is 0. The molecule has 1 rings (SSSR count). The lowest BCUT2D eigenvalue weighted by molar-refractivity contribution is 0.471. The van der Waals surface area contributed by atoms with Crippen LogP contribution in [-0.4, -0.2) is 5.16 Å². The van der Waals surface area contributed by atoms with Crippen LogP contribution in [0.4, 0.5) is 0 Å². The van der Waals surface area contributed by atoms with Crippen molar-refractivity contribution in [3.63, 3.8) is 0 Å². The summed E-state index contributed by atoms with van der Waals surface area (Å²) in [6.45, 7) is 2.44. The zero-order valence-corrected chi connectivity index (χ0v) is 13.1. The topological polar surface area (TPSA) is 0 Å². The van der Waals surface area contributed by atoms with Crippen LogP contribution in [0.15, 0.2) is 0 Å². The normalized spacial score (nSPS) is 25.8. The Morgan fingerprint density at radius 1 is 0.529 bits per heavy atom.